The minimum atomic E-state index is -4.01. The quantitative estimate of drug-likeness (QED) is 0.377. The van der Waals surface area contributed by atoms with E-state index in [9.17, 15) is 13.2 Å². The number of amides is 1. The third-order valence-corrected chi connectivity index (χ3v) is 7.83. The van der Waals surface area contributed by atoms with Crippen molar-refractivity contribution in [3.05, 3.63) is 70.6 Å². The van der Waals surface area contributed by atoms with Gasteiger partial charge in [-0.1, -0.05) is 70.1 Å². The van der Waals surface area contributed by atoms with Crippen molar-refractivity contribution in [2.75, 3.05) is 12.4 Å². The Morgan fingerprint density at radius 2 is 1.88 bits per heavy atom. The van der Waals surface area contributed by atoms with E-state index >= 15 is 0 Å². The van der Waals surface area contributed by atoms with Crippen molar-refractivity contribution in [3.63, 3.8) is 0 Å². The highest BCUT2D eigenvalue weighted by molar-refractivity contribution is 7.91. The molecule has 4 aromatic rings. The van der Waals surface area contributed by atoms with Gasteiger partial charge in [0.2, 0.25) is 21.2 Å². The summed E-state index contributed by atoms with van der Waals surface area (Å²) in [5, 5.41) is 14.1. The molecule has 2 aromatic carbocycles. The summed E-state index contributed by atoms with van der Waals surface area (Å²) >= 11 is 6.73. The molecule has 2 heterocycles. The first-order chi connectivity index (χ1) is 15.7. The molecule has 0 atom stereocenters. The van der Waals surface area contributed by atoms with E-state index in [0.29, 0.717) is 5.82 Å². The average Bonchev–Trinajstić information content (AvgIpc) is 3.45. The Balaban J connectivity index is 1.45. The highest BCUT2D eigenvalue weighted by Crippen LogP contribution is 2.25. The van der Waals surface area contributed by atoms with Crippen LogP contribution in [0.15, 0.2) is 57.4 Å². The number of nitrogens with one attached hydrogen (secondary N) is 1. The highest BCUT2D eigenvalue weighted by atomic mass is 35.5. The Morgan fingerprint density at radius 1 is 1.15 bits per heavy atom. The molecular formula is C20H17ClN6O4S2. The summed E-state index contributed by atoms with van der Waals surface area (Å²) in [6.07, 6.45) is 0. The van der Waals surface area contributed by atoms with Crippen molar-refractivity contribution >= 4 is 44.0 Å². The number of halogens is 1. The molecule has 1 N–H and O–H groups in total. The van der Waals surface area contributed by atoms with Gasteiger partial charge in [-0.3, -0.25) is 10.1 Å². The van der Waals surface area contributed by atoms with E-state index in [4.69, 9.17) is 16.1 Å². The number of anilines is 1. The summed E-state index contributed by atoms with van der Waals surface area (Å²) in [6.45, 7) is 1.80. The lowest BCUT2D eigenvalue weighted by Gasteiger charge is -2.11. The van der Waals surface area contributed by atoms with Crippen molar-refractivity contribution < 1.29 is 17.7 Å². The van der Waals surface area contributed by atoms with Gasteiger partial charge in [0.25, 0.3) is 15.9 Å². The van der Waals surface area contributed by atoms with E-state index in [2.05, 4.69) is 25.7 Å². The number of hydrogen-bond acceptors (Lipinski definition) is 9. The predicted molar refractivity (Wildman–Crippen MR) is 122 cm³/mol. The molecule has 0 unspecified atom stereocenters. The minimum absolute atomic E-state index is 0.0198. The lowest BCUT2D eigenvalue weighted by Crippen LogP contribution is -2.26. The van der Waals surface area contributed by atoms with Gasteiger partial charge in [0.05, 0.1) is 17.1 Å². The van der Waals surface area contributed by atoms with Crippen LogP contribution in [0.25, 0.3) is 11.4 Å². The Bertz CT molecular complexity index is 1400. The van der Waals surface area contributed by atoms with E-state index in [0.717, 1.165) is 26.8 Å². The molecule has 0 radical (unpaired) electrons. The fraction of sp³-hybridized carbons (Fsp3) is 0.150. The van der Waals surface area contributed by atoms with E-state index in [-0.39, 0.29) is 32.5 Å². The summed E-state index contributed by atoms with van der Waals surface area (Å²) in [4.78, 5) is 16.6. The molecule has 2 aromatic heterocycles. The van der Waals surface area contributed by atoms with Gasteiger partial charge in [0.15, 0.2) is 0 Å². The van der Waals surface area contributed by atoms with Gasteiger partial charge in [-0.15, -0.1) is 10.2 Å². The summed E-state index contributed by atoms with van der Waals surface area (Å²) in [5.41, 5.74) is 2.08. The normalized spacial score (nSPS) is 11.6. The maximum absolute atomic E-state index is 12.9. The van der Waals surface area contributed by atoms with Crippen molar-refractivity contribution in [2.24, 2.45) is 0 Å². The molecule has 0 aliphatic rings. The molecule has 4 rings (SSSR count). The molecular weight excluding hydrogens is 488 g/mol. The van der Waals surface area contributed by atoms with Gasteiger partial charge in [-0.2, -0.15) is 9.29 Å². The lowest BCUT2D eigenvalue weighted by atomic mass is 10.1. The third kappa shape index (κ3) is 5.09. The number of benzene rings is 2. The molecule has 0 saturated carbocycles. The summed E-state index contributed by atoms with van der Waals surface area (Å²) in [5.74, 6) is -0.0479. The van der Waals surface area contributed by atoms with Gasteiger partial charge >= 0.3 is 0 Å². The molecule has 0 spiro atoms. The van der Waals surface area contributed by atoms with Crippen molar-refractivity contribution in [3.8, 4) is 11.4 Å². The van der Waals surface area contributed by atoms with Crippen molar-refractivity contribution in [1.29, 1.82) is 0 Å². The molecule has 10 nitrogen and oxygen atoms in total. The minimum Gasteiger partial charge on any atom is -0.338 e. The maximum Gasteiger partial charge on any atom is 0.272 e. The van der Waals surface area contributed by atoms with Crippen molar-refractivity contribution in [2.45, 2.75) is 17.8 Å². The van der Waals surface area contributed by atoms with Gasteiger partial charge in [0.1, 0.15) is 0 Å². The lowest BCUT2D eigenvalue weighted by molar-refractivity contribution is 0.102. The van der Waals surface area contributed by atoms with Gasteiger partial charge in [-0.05, 0) is 19.1 Å². The van der Waals surface area contributed by atoms with E-state index in [1.165, 1.54) is 7.05 Å². The van der Waals surface area contributed by atoms with Crippen LogP contribution in [-0.4, -0.2) is 46.0 Å². The highest BCUT2D eigenvalue weighted by Gasteiger charge is 2.28. The van der Waals surface area contributed by atoms with Crippen LogP contribution in [0.5, 0.6) is 0 Å². The van der Waals surface area contributed by atoms with Crippen LogP contribution >= 0.6 is 22.9 Å². The monoisotopic (exact) mass is 504 g/mol. The first-order valence-electron chi connectivity index (χ1n) is 9.49. The van der Waals surface area contributed by atoms with Gasteiger partial charge in [0, 0.05) is 12.6 Å². The SMILES string of the molecule is Cc1ccc(-c2noc(CN(C)S(=O)(=O)c3nnc(NC(=O)c4ccccc4Cl)s3)n2)cc1. The first kappa shape index (κ1) is 23.0. The Kier molecular flexibility index (Phi) is 6.51. The second-order valence-corrected chi connectivity index (χ2v) is 10.5. The summed E-state index contributed by atoms with van der Waals surface area (Å²) < 4.78 is 31.7. The maximum atomic E-state index is 12.9. The molecule has 1 amide bonds. The first-order valence-corrected chi connectivity index (χ1v) is 12.1. The molecule has 13 heteroatoms. The second kappa shape index (κ2) is 9.35. The second-order valence-electron chi connectivity index (χ2n) is 6.95. The molecule has 33 heavy (non-hydrogen) atoms. The van der Waals surface area contributed by atoms with E-state index in [1.54, 1.807) is 24.3 Å². The Labute approximate surface area is 198 Å². The van der Waals surface area contributed by atoms with Crippen LogP contribution in [0.2, 0.25) is 5.02 Å². The van der Waals surface area contributed by atoms with Crippen LogP contribution in [0.4, 0.5) is 5.13 Å². The standard InChI is InChI=1S/C20H17ClN6O4S2/c1-12-7-9-13(10-8-12)17-22-16(31-26-17)11-27(2)33(29,30)20-25-24-19(32-20)23-18(28)14-5-3-4-6-15(14)21/h3-10H,11H2,1-2H3,(H,23,24,28). The summed E-state index contributed by atoms with van der Waals surface area (Å²) in [7, 11) is -2.66. The zero-order valence-corrected chi connectivity index (χ0v) is 19.8. The third-order valence-electron chi connectivity index (χ3n) is 4.51. The zero-order chi connectivity index (χ0) is 23.6. The molecule has 170 valence electrons. The Hall–Kier alpha value is -3.19. The van der Waals surface area contributed by atoms with Crippen LogP contribution in [0.1, 0.15) is 21.8 Å². The molecule has 0 bridgehead atoms. The topological polar surface area (TPSA) is 131 Å². The average molecular weight is 505 g/mol. The number of carbonyl (C=O) groups is 1. The molecule has 0 aliphatic heterocycles. The van der Waals surface area contributed by atoms with Crippen LogP contribution in [0.3, 0.4) is 0 Å². The number of aromatic nitrogens is 4. The largest absolute Gasteiger partial charge is 0.338 e. The van der Waals surface area contributed by atoms with Crippen LogP contribution < -0.4 is 5.32 Å². The van der Waals surface area contributed by atoms with Gasteiger partial charge in [-0.25, -0.2) is 8.42 Å². The summed E-state index contributed by atoms with van der Waals surface area (Å²) in [6, 6.07) is 14.0. The van der Waals surface area contributed by atoms with Crippen LogP contribution in [0, 0.1) is 6.92 Å². The number of sulfonamides is 1. The van der Waals surface area contributed by atoms with E-state index in [1.807, 2.05) is 31.2 Å². The number of rotatable bonds is 7. The fourth-order valence-corrected chi connectivity index (χ4v) is 5.15. The fourth-order valence-electron chi connectivity index (χ4n) is 2.72. The molecule has 0 aliphatic carbocycles. The number of aryl methyl sites for hydroxylation is 1. The number of carbonyl (C=O) groups excluding carboxylic acids is 1. The molecule has 0 saturated heterocycles. The smallest absolute Gasteiger partial charge is 0.272 e. The zero-order valence-electron chi connectivity index (χ0n) is 17.4. The van der Waals surface area contributed by atoms with E-state index < -0.39 is 15.9 Å². The molecule has 0 fully saturated rings. The van der Waals surface area contributed by atoms with Crippen LogP contribution in [-0.2, 0) is 16.6 Å². The van der Waals surface area contributed by atoms with Crippen molar-refractivity contribution in [1.82, 2.24) is 24.6 Å². The number of hydrogen-bond donors (Lipinski definition) is 1. The van der Waals surface area contributed by atoms with Gasteiger partial charge < -0.3 is 4.52 Å². The number of nitrogens with zero attached hydrogens (tertiary/aromatic N) is 5. The Morgan fingerprint density at radius 3 is 2.61 bits per heavy atom. The predicted octanol–water partition coefficient (Wildman–Crippen LogP) is 3.62.